The van der Waals surface area contributed by atoms with E-state index in [0.717, 1.165) is 19.3 Å². The average molecular weight is 432 g/mol. The quantitative estimate of drug-likeness (QED) is 0.668. The van der Waals surface area contributed by atoms with Crippen molar-refractivity contribution in [2.45, 2.75) is 69.1 Å². The van der Waals surface area contributed by atoms with E-state index in [1.54, 1.807) is 6.07 Å². The van der Waals surface area contributed by atoms with Gasteiger partial charge in [-0.2, -0.15) is 8.78 Å². The van der Waals surface area contributed by atoms with E-state index in [0.29, 0.717) is 11.6 Å². The molecule has 0 bridgehead atoms. The number of hydrogen-bond acceptors (Lipinski definition) is 4. The van der Waals surface area contributed by atoms with Crippen LogP contribution in [0.15, 0.2) is 53.5 Å². The van der Waals surface area contributed by atoms with Gasteiger partial charge in [0.1, 0.15) is 5.82 Å². The Hall–Kier alpha value is -2.70. The van der Waals surface area contributed by atoms with Gasteiger partial charge < -0.3 is 15.8 Å². The Bertz CT molecular complexity index is 993. The number of halogens is 3. The monoisotopic (exact) mass is 431 g/mol. The summed E-state index contributed by atoms with van der Waals surface area (Å²) in [6.45, 7) is 3.66. The molecular weight excluding hydrogens is 403 g/mol. The molecule has 1 aliphatic heterocycles. The lowest BCUT2D eigenvalue weighted by atomic mass is 9.77. The molecule has 2 aliphatic rings. The number of nitrogens with two attached hydrogens (primary N) is 1. The van der Waals surface area contributed by atoms with Crippen LogP contribution in [0.1, 0.15) is 57.1 Å². The number of hydrogen-bond donors (Lipinski definition) is 2. The summed E-state index contributed by atoms with van der Waals surface area (Å²) in [7, 11) is 0. The third-order valence-electron chi connectivity index (χ3n) is 6.63. The van der Waals surface area contributed by atoms with Crippen LogP contribution in [0.4, 0.5) is 18.9 Å². The van der Waals surface area contributed by atoms with E-state index in [-0.39, 0.29) is 17.6 Å². The lowest BCUT2D eigenvalue weighted by Crippen LogP contribution is -2.62. The third-order valence-corrected chi connectivity index (χ3v) is 6.63. The third kappa shape index (κ3) is 3.64. The maximum atomic E-state index is 15.4. The molecule has 1 saturated carbocycles. The van der Waals surface area contributed by atoms with Gasteiger partial charge in [0.15, 0.2) is 11.1 Å². The first-order chi connectivity index (χ1) is 14.5. The molecular formula is C24H28F3N3O. The second-order valence-electron chi connectivity index (χ2n) is 9.17. The zero-order chi connectivity index (χ0) is 22.4. The van der Waals surface area contributed by atoms with Gasteiger partial charge in [0.05, 0.1) is 0 Å². The summed E-state index contributed by atoms with van der Waals surface area (Å²) in [6, 6.07) is 14.3. The van der Waals surface area contributed by atoms with Gasteiger partial charge >= 0.3 is 5.92 Å². The Morgan fingerprint density at radius 3 is 2.48 bits per heavy atom. The highest BCUT2D eigenvalue weighted by molar-refractivity contribution is 5.74. The van der Waals surface area contributed by atoms with Gasteiger partial charge in [0.2, 0.25) is 0 Å². The molecule has 0 spiro atoms. The van der Waals surface area contributed by atoms with Crippen molar-refractivity contribution in [3.8, 4) is 0 Å². The van der Waals surface area contributed by atoms with E-state index in [1.165, 1.54) is 38.5 Å². The van der Waals surface area contributed by atoms with E-state index in [1.807, 2.05) is 18.2 Å². The molecule has 31 heavy (non-hydrogen) atoms. The van der Waals surface area contributed by atoms with Crippen molar-refractivity contribution in [3.63, 3.8) is 0 Å². The highest BCUT2D eigenvalue weighted by Crippen LogP contribution is 2.52. The van der Waals surface area contributed by atoms with Crippen molar-refractivity contribution in [2.75, 3.05) is 5.32 Å². The number of ether oxygens (including phenoxy) is 1. The number of alkyl halides is 2. The minimum absolute atomic E-state index is 0.177. The van der Waals surface area contributed by atoms with Gasteiger partial charge in [-0.05, 0) is 69.7 Å². The van der Waals surface area contributed by atoms with E-state index in [2.05, 4.69) is 22.4 Å². The van der Waals surface area contributed by atoms with Crippen molar-refractivity contribution in [1.82, 2.24) is 0 Å². The van der Waals surface area contributed by atoms with Crippen molar-refractivity contribution < 1.29 is 17.9 Å². The Morgan fingerprint density at radius 1 is 1.06 bits per heavy atom. The van der Waals surface area contributed by atoms with E-state index in [9.17, 15) is 4.39 Å². The Labute approximate surface area is 180 Å². The zero-order valence-corrected chi connectivity index (χ0v) is 18.0. The Morgan fingerprint density at radius 2 is 1.77 bits per heavy atom. The molecule has 3 atom stereocenters. The zero-order valence-electron chi connectivity index (χ0n) is 18.0. The summed E-state index contributed by atoms with van der Waals surface area (Å²) < 4.78 is 50.6. The van der Waals surface area contributed by atoms with Crippen LogP contribution in [0.2, 0.25) is 0 Å². The van der Waals surface area contributed by atoms with Gasteiger partial charge in [-0.15, -0.1) is 0 Å². The first-order valence-corrected chi connectivity index (χ1v) is 10.6. The van der Waals surface area contributed by atoms with Crippen LogP contribution in [-0.4, -0.2) is 23.6 Å². The topological polar surface area (TPSA) is 59.6 Å². The van der Waals surface area contributed by atoms with Crippen LogP contribution >= 0.6 is 0 Å². The maximum absolute atomic E-state index is 15.4. The van der Waals surface area contributed by atoms with Gasteiger partial charge in [0.25, 0.3) is 6.02 Å². The van der Waals surface area contributed by atoms with E-state index >= 15 is 8.78 Å². The average Bonchev–Trinajstić information content (AvgIpc) is 3.17. The SMILES string of the molecule is CC1(C)OC(N)=NC(C)(c2cc(NC3CCC(c4ccccc4)C3)ccc2F)C1(F)F. The number of amidine groups is 1. The minimum Gasteiger partial charge on any atom is -0.453 e. The van der Waals surface area contributed by atoms with E-state index in [4.69, 9.17) is 10.5 Å². The first kappa shape index (κ1) is 21.5. The molecule has 1 aliphatic carbocycles. The fraction of sp³-hybridized carbons (Fsp3) is 0.458. The van der Waals surface area contributed by atoms with Crippen molar-refractivity contribution in [1.29, 1.82) is 0 Å². The number of aliphatic imine (C=N–C) groups is 1. The van der Waals surface area contributed by atoms with Crippen molar-refractivity contribution >= 4 is 11.7 Å². The van der Waals surface area contributed by atoms with Crippen LogP contribution in [0, 0.1) is 5.82 Å². The number of nitrogens with one attached hydrogen (secondary N) is 1. The summed E-state index contributed by atoms with van der Waals surface area (Å²) in [5, 5.41) is 3.40. The normalized spacial score (nSPS) is 29.2. The highest BCUT2D eigenvalue weighted by Gasteiger charge is 2.66. The fourth-order valence-corrected chi connectivity index (χ4v) is 4.82. The summed E-state index contributed by atoms with van der Waals surface area (Å²) in [5.74, 6) is -3.80. The molecule has 0 saturated heterocycles. The van der Waals surface area contributed by atoms with Gasteiger partial charge in [-0.25, -0.2) is 9.38 Å². The van der Waals surface area contributed by atoms with Gasteiger partial charge in [0, 0.05) is 17.3 Å². The summed E-state index contributed by atoms with van der Waals surface area (Å²) in [6.07, 6.45) is 2.92. The fourth-order valence-electron chi connectivity index (χ4n) is 4.82. The van der Waals surface area contributed by atoms with Crippen LogP contribution in [0.3, 0.4) is 0 Å². The predicted molar refractivity (Wildman–Crippen MR) is 116 cm³/mol. The molecule has 7 heteroatoms. The Kier molecular flexibility index (Phi) is 5.18. The molecule has 1 fully saturated rings. The Balaban J connectivity index is 1.60. The maximum Gasteiger partial charge on any atom is 0.315 e. The van der Waals surface area contributed by atoms with Crippen molar-refractivity contribution in [3.05, 3.63) is 65.5 Å². The highest BCUT2D eigenvalue weighted by atomic mass is 19.3. The second-order valence-corrected chi connectivity index (χ2v) is 9.17. The second kappa shape index (κ2) is 7.46. The standard InChI is InChI=1S/C24H28F3N3O/c1-22(2)24(26,27)23(3,30-21(28)31-22)19-14-18(11-12-20(19)25)29-17-10-9-16(13-17)15-7-5-4-6-8-15/h4-8,11-12,14,16-17,29H,9-10,13H2,1-3H3,(H2,28,30). The van der Waals surface area contributed by atoms with Crippen LogP contribution in [-0.2, 0) is 10.3 Å². The van der Waals surface area contributed by atoms with Crippen LogP contribution < -0.4 is 11.1 Å². The van der Waals surface area contributed by atoms with Gasteiger partial charge in [-0.3, -0.25) is 0 Å². The molecule has 0 radical (unpaired) electrons. The molecule has 3 unspecified atom stereocenters. The van der Waals surface area contributed by atoms with Crippen LogP contribution in [0.25, 0.3) is 0 Å². The molecule has 0 aromatic heterocycles. The molecule has 4 nitrogen and oxygen atoms in total. The van der Waals surface area contributed by atoms with Crippen LogP contribution in [0.5, 0.6) is 0 Å². The summed E-state index contributed by atoms with van der Waals surface area (Å²) in [4.78, 5) is 3.87. The smallest absolute Gasteiger partial charge is 0.315 e. The molecule has 2 aromatic carbocycles. The number of rotatable bonds is 4. The molecule has 2 aromatic rings. The lowest BCUT2D eigenvalue weighted by Gasteiger charge is -2.46. The molecule has 3 N–H and O–H groups in total. The first-order valence-electron chi connectivity index (χ1n) is 10.6. The predicted octanol–water partition coefficient (Wildman–Crippen LogP) is 5.55. The van der Waals surface area contributed by atoms with E-state index < -0.39 is 22.9 Å². The lowest BCUT2D eigenvalue weighted by molar-refractivity contribution is -0.207. The summed E-state index contributed by atoms with van der Waals surface area (Å²) in [5.41, 5.74) is 3.25. The molecule has 0 amide bonds. The van der Waals surface area contributed by atoms with Crippen molar-refractivity contribution in [2.24, 2.45) is 10.7 Å². The number of benzene rings is 2. The minimum atomic E-state index is -3.49. The largest absolute Gasteiger partial charge is 0.453 e. The molecule has 1 heterocycles. The number of anilines is 1. The summed E-state index contributed by atoms with van der Waals surface area (Å²) >= 11 is 0. The van der Waals surface area contributed by atoms with Gasteiger partial charge in [-0.1, -0.05) is 30.3 Å². The molecule has 166 valence electrons. The molecule has 4 rings (SSSR count). The number of nitrogens with zero attached hydrogens (tertiary/aromatic N) is 1.